The van der Waals surface area contributed by atoms with Crippen LogP contribution in [0.15, 0.2) is 18.2 Å². The first-order valence-corrected chi connectivity index (χ1v) is 5.10. The van der Waals surface area contributed by atoms with E-state index in [-0.39, 0.29) is 17.0 Å². The lowest BCUT2D eigenvalue weighted by Gasteiger charge is -2.11. The summed E-state index contributed by atoms with van der Waals surface area (Å²) >= 11 is 0. The van der Waals surface area contributed by atoms with Gasteiger partial charge in [-0.15, -0.1) is 0 Å². The molecule has 80 valence electrons. The van der Waals surface area contributed by atoms with Gasteiger partial charge in [-0.25, -0.2) is 4.39 Å². The van der Waals surface area contributed by atoms with Crippen molar-refractivity contribution in [2.24, 2.45) is 11.1 Å². The molecule has 0 radical (unpaired) electrons. The molecule has 1 aliphatic rings. The first-order valence-electron chi connectivity index (χ1n) is 5.10. The number of carbonyl (C=O) groups is 1. The molecule has 0 amide bonds. The number of rotatable bonds is 3. The first-order chi connectivity index (χ1) is 7.09. The smallest absolute Gasteiger partial charge is 0.170 e. The molecule has 0 unspecified atom stereocenters. The predicted octanol–water partition coefficient (Wildman–Crippen LogP) is 2.06. The number of hydrogen-bond acceptors (Lipinski definition) is 2. The molecule has 2 nitrogen and oxygen atoms in total. The van der Waals surface area contributed by atoms with Crippen molar-refractivity contribution in [3.05, 3.63) is 35.1 Å². The summed E-state index contributed by atoms with van der Waals surface area (Å²) in [5, 5.41) is 0. The average Bonchev–Trinajstić information content (AvgIpc) is 3.02. The highest BCUT2D eigenvalue weighted by Crippen LogP contribution is 2.47. The summed E-state index contributed by atoms with van der Waals surface area (Å²) in [5.41, 5.74) is 6.18. The summed E-state index contributed by atoms with van der Waals surface area (Å²) in [4.78, 5) is 12.0. The Labute approximate surface area is 88.3 Å². The van der Waals surface area contributed by atoms with Crippen LogP contribution in [0.25, 0.3) is 0 Å². The summed E-state index contributed by atoms with van der Waals surface area (Å²) in [6.07, 6.45) is 1.66. The third-order valence-electron chi connectivity index (χ3n) is 3.16. The number of aryl methyl sites for hydroxylation is 1. The molecule has 0 aliphatic heterocycles. The summed E-state index contributed by atoms with van der Waals surface area (Å²) in [7, 11) is 0. The number of halogens is 1. The van der Waals surface area contributed by atoms with Gasteiger partial charge < -0.3 is 5.73 Å². The summed E-state index contributed by atoms with van der Waals surface area (Å²) in [6.45, 7) is 2.04. The quantitative estimate of drug-likeness (QED) is 0.771. The second-order valence-corrected chi connectivity index (χ2v) is 4.28. The largest absolute Gasteiger partial charge is 0.329 e. The van der Waals surface area contributed by atoms with Gasteiger partial charge in [-0.3, -0.25) is 4.79 Å². The highest BCUT2D eigenvalue weighted by Gasteiger charge is 2.48. The Morgan fingerprint density at radius 2 is 2.20 bits per heavy atom. The lowest BCUT2D eigenvalue weighted by Crippen LogP contribution is -2.25. The Morgan fingerprint density at radius 3 is 2.67 bits per heavy atom. The maximum atomic E-state index is 13.3. The van der Waals surface area contributed by atoms with E-state index < -0.39 is 0 Å². The lowest BCUT2D eigenvalue weighted by atomic mass is 9.94. The van der Waals surface area contributed by atoms with E-state index in [0.717, 1.165) is 12.8 Å². The van der Waals surface area contributed by atoms with Crippen LogP contribution in [-0.4, -0.2) is 12.3 Å². The van der Waals surface area contributed by atoms with Crippen LogP contribution in [0.5, 0.6) is 0 Å². The highest BCUT2D eigenvalue weighted by molar-refractivity contribution is 6.02. The molecule has 2 N–H and O–H groups in total. The molecule has 0 heterocycles. The number of Topliss-reactive ketones (excluding diaryl/α,β-unsaturated/α-hetero) is 1. The SMILES string of the molecule is Cc1ccc(C(=O)C2(CN)CC2)cc1F. The molecule has 0 saturated heterocycles. The lowest BCUT2D eigenvalue weighted by molar-refractivity contribution is 0.0905. The van der Waals surface area contributed by atoms with Gasteiger partial charge in [0.1, 0.15) is 5.82 Å². The van der Waals surface area contributed by atoms with Crippen LogP contribution in [-0.2, 0) is 0 Å². The van der Waals surface area contributed by atoms with Crippen LogP contribution in [0, 0.1) is 18.2 Å². The van der Waals surface area contributed by atoms with E-state index in [1.807, 2.05) is 0 Å². The second-order valence-electron chi connectivity index (χ2n) is 4.28. The normalized spacial score (nSPS) is 17.5. The fraction of sp³-hybridized carbons (Fsp3) is 0.417. The van der Waals surface area contributed by atoms with Crippen molar-refractivity contribution in [2.75, 3.05) is 6.54 Å². The Bertz CT molecular complexity index is 410. The van der Waals surface area contributed by atoms with Crippen LogP contribution in [0.1, 0.15) is 28.8 Å². The van der Waals surface area contributed by atoms with Gasteiger partial charge in [-0.1, -0.05) is 12.1 Å². The Balaban J connectivity index is 2.30. The van der Waals surface area contributed by atoms with E-state index in [1.54, 1.807) is 19.1 Å². The second kappa shape index (κ2) is 3.42. The molecular formula is C12H14FNO. The van der Waals surface area contributed by atoms with Crippen molar-refractivity contribution in [2.45, 2.75) is 19.8 Å². The molecule has 3 heteroatoms. The summed E-state index contributed by atoms with van der Waals surface area (Å²) in [5.74, 6) is -0.336. The molecule has 1 aromatic carbocycles. The minimum atomic E-state index is -0.387. The Kier molecular flexibility index (Phi) is 2.35. The van der Waals surface area contributed by atoms with Gasteiger partial charge in [0.15, 0.2) is 5.78 Å². The van der Waals surface area contributed by atoms with Crippen molar-refractivity contribution >= 4 is 5.78 Å². The third kappa shape index (κ3) is 1.67. The molecule has 1 fully saturated rings. The fourth-order valence-corrected chi connectivity index (χ4v) is 1.72. The Hall–Kier alpha value is -1.22. The molecule has 0 aromatic heterocycles. The molecule has 1 aromatic rings. The van der Waals surface area contributed by atoms with Gasteiger partial charge in [0, 0.05) is 17.5 Å². The maximum Gasteiger partial charge on any atom is 0.170 e. The number of carbonyl (C=O) groups excluding carboxylic acids is 1. The molecule has 0 bridgehead atoms. The van der Waals surface area contributed by atoms with Gasteiger partial charge in [-0.05, 0) is 31.4 Å². The van der Waals surface area contributed by atoms with E-state index in [9.17, 15) is 9.18 Å². The monoisotopic (exact) mass is 207 g/mol. The topological polar surface area (TPSA) is 43.1 Å². The van der Waals surface area contributed by atoms with Gasteiger partial charge in [0.25, 0.3) is 0 Å². The van der Waals surface area contributed by atoms with E-state index in [4.69, 9.17) is 5.73 Å². The number of benzene rings is 1. The average molecular weight is 207 g/mol. The van der Waals surface area contributed by atoms with Crippen molar-refractivity contribution in [3.8, 4) is 0 Å². The van der Waals surface area contributed by atoms with Gasteiger partial charge in [0.05, 0.1) is 0 Å². The molecule has 0 spiro atoms. The van der Waals surface area contributed by atoms with Crippen molar-refractivity contribution in [1.29, 1.82) is 0 Å². The summed E-state index contributed by atoms with van der Waals surface area (Å²) < 4.78 is 13.3. The number of nitrogens with two attached hydrogens (primary N) is 1. The van der Waals surface area contributed by atoms with Crippen LogP contribution in [0.3, 0.4) is 0 Å². The molecule has 0 atom stereocenters. The van der Waals surface area contributed by atoms with Gasteiger partial charge in [0.2, 0.25) is 0 Å². The van der Waals surface area contributed by atoms with E-state index in [2.05, 4.69) is 0 Å². The number of hydrogen-bond donors (Lipinski definition) is 1. The van der Waals surface area contributed by atoms with E-state index in [1.165, 1.54) is 6.07 Å². The molecular weight excluding hydrogens is 193 g/mol. The minimum absolute atomic E-state index is 0.0103. The zero-order valence-corrected chi connectivity index (χ0v) is 8.72. The maximum absolute atomic E-state index is 13.3. The summed E-state index contributed by atoms with van der Waals surface area (Å²) in [6, 6.07) is 4.62. The predicted molar refractivity (Wildman–Crippen MR) is 56.2 cm³/mol. The number of ketones is 1. The van der Waals surface area contributed by atoms with E-state index in [0.29, 0.717) is 17.7 Å². The van der Waals surface area contributed by atoms with Gasteiger partial charge >= 0.3 is 0 Å². The molecule has 1 saturated carbocycles. The van der Waals surface area contributed by atoms with Crippen LogP contribution < -0.4 is 5.73 Å². The standard InChI is InChI=1S/C12H14FNO/c1-8-2-3-9(6-10(8)13)11(15)12(7-14)4-5-12/h2-3,6H,4-5,7,14H2,1H3. The van der Waals surface area contributed by atoms with E-state index >= 15 is 0 Å². The first kappa shape index (κ1) is 10.3. The zero-order chi connectivity index (χ0) is 11.1. The van der Waals surface area contributed by atoms with Crippen molar-refractivity contribution < 1.29 is 9.18 Å². The minimum Gasteiger partial charge on any atom is -0.329 e. The van der Waals surface area contributed by atoms with Gasteiger partial charge in [-0.2, -0.15) is 0 Å². The Morgan fingerprint density at radius 1 is 1.53 bits per heavy atom. The van der Waals surface area contributed by atoms with Crippen LogP contribution in [0.4, 0.5) is 4.39 Å². The molecule has 2 rings (SSSR count). The van der Waals surface area contributed by atoms with Crippen molar-refractivity contribution in [3.63, 3.8) is 0 Å². The third-order valence-corrected chi connectivity index (χ3v) is 3.16. The van der Waals surface area contributed by atoms with Crippen LogP contribution >= 0.6 is 0 Å². The zero-order valence-electron chi connectivity index (χ0n) is 8.72. The molecule has 15 heavy (non-hydrogen) atoms. The van der Waals surface area contributed by atoms with Crippen LogP contribution in [0.2, 0.25) is 0 Å². The fourth-order valence-electron chi connectivity index (χ4n) is 1.72. The highest BCUT2D eigenvalue weighted by atomic mass is 19.1. The molecule has 1 aliphatic carbocycles. The van der Waals surface area contributed by atoms with Crippen molar-refractivity contribution in [1.82, 2.24) is 0 Å².